The Balaban J connectivity index is 3.98. The minimum atomic E-state index is -5.96. The summed E-state index contributed by atoms with van der Waals surface area (Å²) in [5.41, 5.74) is 0. The highest BCUT2D eigenvalue weighted by Crippen LogP contribution is 2.56. The number of phosphoric acid groups is 5. The van der Waals surface area contributed by atoms with Crippen molar-refractivity contribution in [2.75, 3.05) is 0 Å². The fraction of sp³-hybridized carbons (Fsp3) is 1.00. The molecule has 0 aliphatic heterocycles. The summed E-state index contributed by atoms with van der Waals surface area (Å²) >= 11 is 0. The van der Waals surface area contributed by atoms with Crippen LogP contribution < -0.4 is 0 Å². The third-order valence-corrected chi connectivity index (χ3v) is 6.46. The van der Waals surface area contributed by atoms with E-state index < -0.39 is 84.0 Å². The van der Waals surface area contributed by atoms with Gasteiger partial charge in [-0.25, -0.2) is 22.8 Å². The average molecular weight is 643 g/mol. The molecule has 0 radical (unpaired) electrons. The predicted octanol–water partition coefficient (Wildman–Crippen LogP) is -2.58. The minimum absolute atomic E-state index is 2.88. The molecule has 7 atom stereocenters. The maximum atomic E-state index is 11.4. The van der Waals surface area contributed by atoms with Gasteiger partial charge in [0, 0.05) is 4.57 Å². The van der Waals surface area contributed by atoms with Gasteiger partial charge in [0.1, 0.15) is 30.5 Å². The van der Waals surface area contributed by atoms with E-state index in [2.05, 4.69) is 27.1 Å². The molecule has 3 unspecified atom stereocenters. The normalized spacial score (nSPS) is 29.7. The smallest absolute Gasteiger partial charge is 0.303 e. The molecule has 1 rings (SSSR count). The SMILES string of the molecule is O=[P+](O)OC1[C@@H](OP(=O)(O)O)[C@H](OP(=O)(O)O)C(OP(=O)(O)O)[C@@H](OP(=O)(O)O)[C@H]1OP(=O)(O)O. The molecule has 35 heavy (non-hydrogen) atoms. The lowest BCUT2D eigenvalue weighted by atomic mass is 9.85. The zero-order chi connectivity index (χ0) is 27.8. The van der Waals surface area contributed by atoms with Crippen LogP contribution in [-0.2, 0) is 54.5 Å². The van der Waals surface area contributed by atoms with Crippen molar-refractivity contribution in [2.24, 2.45) is 0 Å². The molecular weight excluding hydrogens is 626 g/mol. The molecule has 29 heteroatoms. The van der Waals surface area contributed by atoms with Gasteiger partial charge in [-0.1, -0.05) is 0 Å². The van der Waals surface area contributed by atoms with Crippen molar-refractivity contribution < 1.29 is 108 Å². The first-order valence-corrected chi connectivity index (χ1v) is 16.6. The fourth-order valence-corrected chi connectivity index (χ4v) is 5.97. The largest absolute Gasteiger partial charge is 0.695 e. The Labute approximate surface area is 193 Å². The van der Waals surface area contributed by atoms with Gasteiger partial charge in [0.15, 0.2) is 6.10 Å². The van der Waals surface area contributed by atoms with E-state index in [4.69, 9.17) is 53.8 Å². The highest BCUT2D eigenvalue weighted by atomic mass is 31.2. The number of hydrogen-bond acceptors (Lipinski definition) is 12. The Hall–Kier alpha value is 0.570. The maximum Gasteiger partial charge on any atom is 0.695 e. The van der Waals surface area contributed by atoms with Crippen molar-refractivity contribution in [3.63, 3.8) is 0 Å². The van der Waals surface area contributed by atoms with Crippen LogP contribution in [-0.4, -0.2) is 90.5 Å². The highest BCUT2D eigenvalue weighted by Gasteiger charge is 2.63. The van der Waals surface area contributed by atoms with Crippen LogP contribution in [0.3, 0.4) is 0 Å². The molecule has 208 valence electrons. The Bertz CT molecular complexity index is 932. The molecule has 0 saturated heterocycles. The molecule has 11 N–H and O–H groups in total. The summed E-state index contributed by atoms with van der Waals surface area (Å²) in [5, 5.41) is 0. The Kier molecular flexibility index (Phi) is 11.3. The molecular formula is C6H17O23P6+. The van der Waals surface area contributed by atoms with E-state index >= 15 is 0 Å². The molecule has 0 spiro atoms. The second kappa shape index (κ2) is 11.8. The van der Waals surface area contributed by atoms with Gasteiger partial charge in [0.05, 0.1) is 0 Å². The van der Waals surface area contributed by atoms with Gasteiger partial charge >= 0.3 is 47.4 Å². The van der Waals surface area contributed by atoms with Gasteiger partial charge < -0.3 is 48.9 Å². The first-order valence-electron chi connectivity index (χ1n) is 7.81. The lowest BCUT2D eigenvalue weighted by molar-refractivity contribution is -0.199. The van der Waals surface area contributed by atoms with Gasteiger partial charge in [0.2, 0.25) is 0 Å². The second-order valence-corrected chi connectivity index (χ2v) is 12.8. The van der Waals surface area contributed by atoms with Gasteiger partial charge in [0.25, 0.3) is 0 Å². The number of rotatable bonds is 12. The summed E-state index contributed by atoms with van der Waals surface area (Å²) in [5.74, 6) is 0. The molecule has 0 bridgehead atoms. The molecule has 0 aromatic rings. The van der Waals surface area contributed by atoms with Crippen LogP contribution in [0.2, 0.25) is 0 Å². The summed E-state index contributed by atoms with van der Waals surface area (Å²) in [7, 11) is -33.7. The van der Waals surface area contributed by atoms with E-state index in [-0.39, 0.29) is 0 Å². The van der Waals surface area contributed by atoms with Crippen LogP contribution in [0.4, 0.5) is 0 Å². The molecule has 0 aromatic carbocycles. The predicted molar refractivity (Wildman–Crippen MR) is 99.3 cm³/mol. The Morgan fingerprint density at radius 1 is 0.429 bits per heavy atom. The molecule has 1 saturated carbocycles. The van der Waals surface area contributed by atoms with Gasteiger partial charge in [-0.05, 0) is 0 Å². The molecule has 23 nitrogen and oxygen atoms in total. The lowest BCUT2D eigenvalue weighted by Gasteiger charge is -2.46. The second-order valence-electron chi connectivity index (χ2n) is 6.11. The van der Waals surface area contributed by atoms with Gasteiger partial charge in [-0.2, -0.15) is 0 Å². The van der Waals surface area contributed by atoms with E-state index in [0.29, 0.717) is 0 Å². The fourth-order valence-electron chi connectivity index (χ4n) is 2.74. The van der Waals surface area contributed by atoms with Gasteiger partial charge in [-0.15, -0.1) is 9.42 Å². The molecule has 1 fully saturated rings. The topological polar surface area (TPSA) is 380 Å². The van der Waals surface area contributed by atoms with Crippen LogP contribution in [0.25, 0.3) is 0 Å². The van der Waals surface area contributed by atoms with Crippen LogP contribution in [0.5, 0.6) is 0 Å². The molecule has 1 aliphatic carbocycles. The summed E-state index contributed by atoms with van der Waals surface area (Å²) in [6, 6.07) is 0. The summed E-state index contributed by atoms with van der Waals surface area (Å²) in [6.45, 7) is 0. The van der Waals surface area contributed by atoms with E-state index in [1.54, 1.807) is 0 Å². The van der Waals surface area contributed by atoms with Crippen molar-refractivity contribution in [2.45, 2.75) is 36.6 Å². The zero-order valence-electron chi connectivity index (χ0n) is 16.0. The Morgan fingerprint density at radius 2 is 0.600 bits per heavy atom. The van der Waals surface area contributed by atoms with E-state index in [9.17, 15) is 27.4 Å². The standard InChI is InChI=1S/C6H16O23P6/c7-30(8)24-1-2(25-31(9,10)11)4(27-33(15,16)17)6(29-35(21,22)23)5(28-34(18,19)20)3(1)26-32(12,13)14/h1-6H,(H10-,7,8,9,10,11,12,13,14,15,16,17,18,19,20,21,22,23)/p+1/t1?,2-,3+,4-,5-,6?/m0/s1. The van der Waals surface area contributed by atoms with Crippen LogP contribution >= 0.6 is 47.4 Å². The first-order chi connectivity index (χ1) is 15.3. The minimum Gasteiger partial charge on any atom is -0.303 e. The maximum absolute atomic E-state index is 11.4. The lowest BCUT2D eigenvalue weighted by Crippen LogP contribution is -2.66. The third kappa shape index (κ3) is 12.8. The first kappa shape index (κ1) is 33.6. The monoisotopic (exact) mass is 643 g/mol. The molecule has 0 amide bonds. The molecule has 0 heterocycles. The number of phosphoric ester groups is 5. The molecule has 0 aromatic heterocycles. The zero-order valence-corrected chi connectivity index (χ0v) is 21.3. The van der Waals surface area contributed by atoms with Crippen molar-refractivity contribution in [1.82, 2.24) is 0 Å². The van der Waals surface area contributed by atoms with Gasteiger partial charge in [-0.3, -0.25) is 22.6 Å². The van der Waals surface area contributed by atoms with Crippen LogP contribution in [0.15, 0.2) is 0 Å². The summed E-state index contributed by atoms with van der Waals surface area (Å²) < 4.78 is 93.3. The number of hydrogen-bond donors (Lipinski definition) is 11. The molecule has 1 aliphatic rings. The van der Waals surface area contributed by atoms with E-state index in [1.807, 2.05) is 0 Å². The van der Waals surface area contributed by atoms with E-state index in [0.717, 1.165) is 0 Å². The highest BCUT2D eigenvalue weighted by molar-refractivity contribution is 7.47. The van der Waals surface area contributed by atoms with Crippen LogP contribution in [0, 0.1) is 0 Å². The van der Waals surface area contributed by atoms with Crippen LogP contribution in [0.1, 0.15) is 0 Å². The average Bonchev–Trinajstić information content (AvgIpc) is 2.51. The summed E-state index contributed by atoms with van der Waals surface area (Å²) in [4.78, 5) is 100. The van der Waals surface area contributed by atoms with E-state index in [1.165, 1.54) is 0 Å². The van der Waals surface area contributed by atoms with Crippen molar-refractivity contribution in [3.05, 3.63) is 0 Å². The Morgan fingerprint density at radius 3 is 0.743 bits per heavy atom. The van der Waals surface area contributed by atoms with Crippen molar-refractivity contribution >= 4 is 47.4 Å². The van der Waals surface area contributed by atoms with Crippen molar-refractivity contribution in [1.29, 1.82) is 0 Å². The van der Waals surface area contributed by atoms with Crippen molar-refractivity contribution in [3.8, 4) is 0 Å². The summed E-state index contributed by atoms with van der Waals surface area (Å²) in [6.07, 6.45) is -17.9. The third-order valence-electron chi connectivity index (χ3n) is 3.45. The quantitative estimate of drug-likeness (QED) is 0.0973.